The number of nitrogens with one attached hydrogen (secondary N) is 1. The zero-order chi connectivity index (χ0) is 33.6. The molecular formula is C42H55FN2O2. The molecule has 252 valence electrons. The molecule has 2 aromatic rings. The first-order valence-electron chi connectivity index (χ1n) is 18.2. The number of aromatic nitrogens is 1. The fourth-order valence-corrected chi connectivity index (χ4v) is 13.1. The molecule has 0 radical (unpaired) electrons. The summed E-state index contributed by atoms with van der Waals surface area (Å²) in [6.07, 6.45) is 14.8. The van der Waals surface area contributed by atoms with Gasteiger partial charge < -0.3 is 10.4 Å². The van der Waals surface area contributed by atoms with E-state index < -0.39 is 5.97 Å². The second-order valence-electron chi connectivity index (χ2n) is 17.6. The highest BCUT2D eigenvalue weighted by atomic mass is 19.1. The minimum absolute atomic E-state index is 0.00729. The number of hydrogen-bond acceptors (Lipinski definition) is 3. The highest BCUT2D eigenvalue weighted by molar-refractivity contribution is 5.88. The Morgan fingerprint density at radius 3 is 2.34 bits per heavy atom. The van der Waals surface area contributed by atoms with E-state index in [1.165, 1.54) is 80.3 Å². The number of aromatic carboxylic acids is 1. The number of fused-ring (bicyclic) bond motifs is 7. The molecule has 5 heteroatoms. The SMILES string of the molecule is C=C(C)[C@@H]1CC[C@]2(NCc3ccc(F)cn3)CC[C@]3(C)[C@H](CC[C@@H]4[C@@]5(C)CC=C(c6ccc(C(=O)O)cc6)C(C)(C)[C@@H]5CC[C@]43C)[C@@H]12. The third kappa shape index (κ3) is 4.76. The lowest BCUT2D eigenvalue weighted by molar-refractivity contribution is -0.219. The number of carbonyl (C=O) groups is 1. The molecule has 4 nitrogen and oxygen atoms in total. The van der Waals surface area contributed by atoms with Gasteiger partial charge >= 0.3 is 5.97 Å². The minimum Gasteiger partial charge on any atom is -0.478 e. The first kappa shape index (κ1) is 32.7. The second-order valence-corrected chi connectivity index (χ2v) is 17.6. The Kier molecular flexibility index (Phi) is 7.75. The highest BCUT2D eigenvalue weighted by Gasteiger charge is 2.70. The maximum absolute atomic E-state index is 13.6. The number of nitrogens with zero attached hydrogens (tertiary/aromatic N) is 1. The van der Waals surface area contributed by atoms with Gasteiger partial charge in [0.1, 0.15) is 5.82 Å². The average Bonchev–Trinajstić information content (AvgIpc) is 3.41. The number of pyridine rings is 1. The number of rotatable bonds is 6. The lowest BCUT2D eigenvalue weighted by Gasteiger charge is -2.72. The fraction of sp³-hybridized carbons (Fsp3) is 0.619. The van der Waals surface area contributed by atoms with Crippen molar-refractivity contribution < 1.29 is 14.3 Å². The monoisotopic (exact) mass is 638 g/mol. The Balaban J connectivity index is 1.20. The van der Waals surface area contributed by atoms with Crippen LogP contribution in [-0.2, 0) is 6.54 Å². The van der Waals surface area contributed by atoms with Gasteiger partial charge in [-0.05, 0) is 151 Å². The van der Waals surface area contributed by atoms with Crippen molar-refractivity contribution in [1.82, 2.24) is 10.3 Å². The maximum Gasteiger partial charge on any atom is 0.335 e. The van der Waals surface area contributed by atoms with Crippen LogP contribution in [0.4, 0.5) is 4.39 Å². The summed E-state index contributed by atoms with van der Waals surface area (Å²) in [7, 11) is 0. The minimum atomic E-state index is -0.871. The smallest absolute Gasteiger partial charge is 0.335 e. The summed E-state index contributed by atoms with van der Waals surface area (Å²) in [6, 6.07) is 10.9. The third-order valence-corrected chi connectivity index (χ3v) is 15.5. The molecule has 7 rings (SSSR count). The van der Waals surface area contributed by atoms with Crippen LogP contribution >= 0.6 is 0 Å². The van der Waals surface area contributed by atoms with Crippen LogP contribution in [0.1, 0.15) is 121 Å². The Morgan fingerprint density at radius 1 is 0.936 bits per heavy atom. The van der Waals surface area contributed by atoms with Crippen LogP contribution in [0.3, 0.4) is 0 Å². The van der Waals surface area contributed by atoms with Crippen LogP contribution in [0.25, 0.3) is 5.57 Å². The lowest BCUT2D eigenvalue weighted by atomic mass is 9.33. The van der Waals surface area contributed by atoms with E-state index in [-0.39, 0.29) is 33.0 Å². The molecule has 5 aliphatic carbocycles. The zero-order valence-corrected chi connectivity index (χ0v) is 29.5. The molecule has 0 aliphatic heterocycles. The molecule has 0 unspecified atom stereocenters. The van der Waals surface area contributed by atoms with E-state index in [1.54, 1.807) is 12.1 Å². The molecule has 0 saturated heterocycles. The van der Waals surface area contributed by atoms with Crippen molar-refractivity contribution in [2.45, 2.75) is 111 Å². The number of carboxylic acid groups (broad SMARTS) is 1. The first-order valence-corrected chi connectivity index (χ1v) is 18.2. The van der Waals surface area contributed by atoms with Crippen molar-refractivity contribution in [2.75, 3.05) is 0 Å². The topological polar surface area (TPSA) is 62.2 Å². The molecule has 1 aromatic carbocycles. The Labute approximate surface area is 281 Å². The number of hydrogen-bond donors (Lipinski definition) is 2. The van der Waals surface area contributed by atoms with Gasteiger partial charge in [-0.25, -0.2) is 9.18 Å². The van der Waals surface area contributed by atoms with Gasteiger partial charge in [0.05, 0.1) is 17.5 Å². The van der Waals surface area contributed by atoms with Crippen LogP contribution in [0.2, 0.25) is 0 Å². The van der Waals surface area contributed by atoms with Crippen molar-refractivity contribution in [1.29, 1.82) is 0 Å². The predicted molar refractivity (Wildman–Crippen MR) is 187 cm³/mol. The van der Waals surface area contributed by atoms with Crippen molar-refractivity contribution in [2.24, 2.45) is 51.2 Å². The van der Waals surface area contributed by atoms with Gasteiger partial charge in [0.15, 0.2) is 0 Å². The molecule has 1 heterocycles. The van der Waals surface area contributed by atoms with Gasteiger partial charge in [0.25, 0.3) is 0 Å². The molecule has 47 heavy (non-hydrogen) atoms. The molecule has 4 fully saturated rings. The molecule has 9 atom stereocenters. The van der Waals surface area contributed by atoms with Crippen LogP contribution in [0, 0.1) is 57.1 Å². The maximum atomic E-state index is 13.6. The summed E-state index contributed by atoms with van der Waals surface area (Å²) < 4.78 is 13.6. The number of allylic oxidation sites excluding steroid dienone is 3. The standard InChI is InChI=1S/C42H55FN2O2/c1-26(2)31-16-21-42(45-25-30-13-12-29(43)24-44-30)23-22-40(6)33(36(31)42)14-15-35-39(5)19-17-32(27-8-10-28(11-9-27)37(46)47)38(3,4)34(39)18-20-41(35,40)7/h8-13,17,24,31,33-36,45H,1,14-16,18-23,25H2,2-7H3,(H,46,47)/t31-,33+,34-,35+,36+,39-,40+,41+,42-/m0/s1. The van der Waals surface area contributed by atoms with Crippen LogP contribution in [0.5, 0.6) is 0 Å². The largest absolute Gasteiger partial charge is 0.478 e. The van der Waals surface area contributed by atoms with Gasteiger partial charge in [-0.3, -0.25) is 4.98 Å². The summed E-state index contributed by atoms with van der Waals surface area (Å²) in [5, 5.41) is 13.5. The van der Waals surface area contributed by atoms with Crippen LogP contribution < -0.4 is 5.32 Å². The fourth-order valence-electron chi connectivity index (χ4n) is 13.1. The third-order valence-electron chi connectivity index (χ3n) is 15.5. The molecule has 1 aromatic heterocycles. The number of halogens is 1. The normalized spacial score (nSPS) is 40.3. The average molecular weight is 639 g/mol. The molecule has 0 amide bonds. The van der Waals surface area contributed by atoms with E-state index in [2.05, 4.69) is 64.5 Å². The van der Waals surface area contributed by atoms with E-state index in [0.29, 0.717) is 41.7 Å². The molecule has 0 spiro atoms. The summed E-state index contributed by atoms with van der Waals surface area (Å²) in [5.41, 5.74) is 5.99. The Bertz CT molecular complexity index is 1600. The molecular weight excluding hydrogens is 583 g/mol. The van der Waals surface area contributed by atoms with Crippen molar-refractivity contribution >= 4 is 11.5 Å². The summed E-state index contributed by atoms with van der Waals surface area (Å²) >= 11 is 0. The predicted octanol–water partition coefficient (Wildman–Crippen LogP) is 10.1. The van der Waals surface area contributed by atoms with Crippen molar-refractivity contribution in [3.63, 3.8) is 0 Å². The Hall–Kier alpha value is -2.79. The molecule has 0 bridgehead atoms. The van der Waals surface area contributed by atoms with Gasteiger partial charge in [-0.15, -0.1) is 0 Å². The van der Waals surface area contributed by atoms with E-state index in [4.69, 9.17) is 0 Å². The summed E-state index contributed by atoms with van der Waals surface area (Å²) in [6.45, 7) is 20.4. The summed E-state index contributed by atoms with van der Waals surface area (Å²) in [4.78, 5) is 15.9. The second kappa shape index (κ2) is 11.1. The number of carboxylic acids is 1. The van der Waals surface area contributed by atoms with Gasteiger partial charge in [0.2, 0.25) is 0 Å². The Morgan fingerprint density at radius 2 is 1.68 bits per heavy atom. The summed E-state index contributed by atoms with van der Waals surface area (Å²) in [5.74, 6) is 1.83. The van der Waals surface area contributed by atoms with E-state index in [0.717, 1.165) is 12.1 Å². The first-order chi connectivity index (χ1) is 22.2. The van der Waals surface area contributed by atoms with Crippen molar-refractivity contribution in [3.05, 3.63) is 83.5 Å². The number of benzene rings is 1. The van der Waals surface area contributed by atoms with Crippen molar-refractivity contribution in [3.8, 4) is 0 Å². The zero-order valence-electron chi connectivity index (χ0n) is 29.5. The highest BCUT2D eigenvalue weighted by Crippen LogP contribution is 2.76. The molecule has 5 aliphatic rings. The van der Waals surface area contributed by atoms with E-state index >= 15 is 0 Å². The quantitative estimate of drug-likeness (QED) is 0.309. The van der Waals surface area contributed by atoms with Gasteiger partial charge in [-0.2, -0.15) is 0 Å². The molecule has 2 N–H and O–H groups in total. The molecule has 4 saturated carbocycles. The van der Waals surface area contributed by atoms with Gasteiger partial charge in [0, 0.05) is 12.1 Å². The van der Waals surface area contributed by atoms with Gasteiger partial charge in [-0.1, -0.05) is 65.0 Å². The van der Waals surface area contributed by atoms with E-state index in [9.17, 15) is 14.3 Å². The van der Waals surface area contributed by atoms with Crippen LogP contribution in [0.15, 0.2) is 60.8 Å². The van der Waals surface area contributed by atoms with E-state index in [1.807, 2.05) is 18.2 Å². The lowest BCUT2D eigenvalue weighted by Crippen LogP contribution is -2.67. The van der Waals surface area contributed by atoms with Crippen LogP contribution in [-0.4, -0.2) is 21.6 Å².